The van der Waals surface area contributed by atoms with Crippen molar-refractivity contribution in [3.63, 3.8) is 0 Å². The molecule has 0 saturated carbocycles. The van der Waals surface area contributed by atoms with Gasteiger partial charge in [-0.2, -0.15) is 0 Å². The summed E-state index contributed by atoms with van der Waals surface area (Å²) >= 11 is 0. The van der Waals surface area contributed by atoms with E-state index < -0.39 is 23.6 Å². The van der Waals surface area contributed by atoms with Gasteiger partial charge in [0.15, 0.2) is 11.6 Å². The second-order valence-corrected chi connectivity index (χ2v) is 9.90. The van der Waals surface area contributed by atoms with Crippen LogP contribution in [0, 0.1) is 11.6 Å². The molecule has 7 nitrogen and oxygen atoms in total. The number of carboxylic acid groups (broad SMARTS) is 2. The van der Waals surface area contributed by atoms with E-state index in [1.54, 1.807) is 24.3 Å². The number of ether oxygens (including phenoxy) is 3. The summed E-state index contributed by atoms with van der Waals surface area (Å²) in [7, 11) is 0. The first-order valence-electron chi connectivity index (χ1n) is 14.3. The van der Waals surface area contributed by atoms with Gasteiger partial charge >= 0.3 is 11.9 Å². The van der Waals surface area contributed by atoms with Gasteiger partial charge < -0.3 is 24.4 Å². The van der Waals surface area contributed by atoms with Crippen LogP contribution in [-0.2, 0) is 22.4 Å². The van der Waals surface area contributed by atoms with E-state index in [1.807, 2.05) is 19.1 Å². The first kappa shape index (κ1) is 32.4. The van der Waals surface area contributed by atoms with Crippen molar-refractivity contribution < 1.29 is 42.8 Å². The molecule has 0 bridgehead atoms. The normalized spacial score (nSPS) is 10.8. The highest BCUT2D eigenvalue weighted by Gasteiger charge is 2.13. The van der Waals surface area contributed by atoms with Crippen LogP contribution in [0.3, 0.4) is 0 Å². The number of hydrogen-bond acceptors (Lipinski definition) is 5. The summed E-state index contributed by atoms with van der Waals surface area (Å²) in [6.45, 7) is 3.06. The number of aryl methyl sites for hydroxylation is 1. The molecule has 0 atom stereocenters. The Hall–Kier alpha value is -4.14. The van der Waals surface area contributed by atoms with Crippen LogP contribution < -0.4 is 14.2 Å². The maximum Gasteiger partial charge on any atom is 0.303 e. The zero-order chi connectivity index (χ0) is 30.3. The molecule has 3 aromatic carbocycles. The number of halogens is 2. The van der Waals surface area contributed by atoms with Crippen LogP contribution >= 0.6 is 0 Å². The van der Waals surface area contributed by atoms with Gasteiger partial charge in [0.1, 0.15) is 17.2 Å². The van der Waals surface area contributed by atoms with Crippen LogP contribution in [0.1, 0.15) is 63.0 Å². The van der Waals surface area contributed by atoms with E-state index in [-0.39, 0.29) is 19.4 Å². The molecule has 0 aromatic heterocycles. The average Bonchev–Trinajstić information content (AvgIpc) is 2.95. The number of carboxylic acids is 2. The topological polar surface area (TPSA) is 102 Å². The lowest BCUT2D eigenvalue weighted by Gasteiger charge is -2.15. The van der Waals surface area contributed by atoms with Crippen LogP contribution in [0.25, 0.3) is 11.1 Å². The Bertz CT molecular complexity index is 1330. The molecule has 42 heavy (non-hydrogen) atoms. The Morgan fingerprint density at radius 2 is 1.40 bits per heavy atom. The molecule has 2 N–H and O–H groups in total. The fourth-order valence-electron chi connectivity index (χ4n) is 4.61. The first-order valence-corrected chi connectivity index (χ1v) is 14.3. The van der Waals surface area contributed by atoms with Gasteiger partial charge in [-0.05, 0) is 91.6 Å². The number of benzene rings is 3. The van der Waals surface area contributed by atoms with Crippen molar-refractivity contribution in [3.8, 4) is 28.4 Å². The predicted molar refractivity (Wildman–Crippen MR) is 155 cm³/mol. The molecule has 0 aliphatic carbocycles. The summed E-state index contributed by atoms with van der Waals surface area (Å²) in [6, 6.07) is 14.8. The number of carbonyl (C=O) groups is 2. The lowest BCUT2D eigenvalue weighted by Crippen LogP contribution is -2.07. The molecule has 0 saturated heterocycles. The number of rotatable bonds is 19. The molecular weight excluding hydrogens is 546 g/mol. The molecule has 0 radical (unpaired) electrons. The molecular formula is C33H38F2O7. The summed E-state index contributed by atoms with van der Waals surface area (Å²) in [6.07, 6.45) is 5.10. The zero-order valence-corrected chi connectivity index (χ0v) is 23.9. The van der Waals surface area contributed by atoms with Crippen LogP contribution in [0.15, 0.2) is 54.6 Å². The van der Waals surface area contributed by atoms with E-state index in [9.17, 15) is 23.5 Å². The van der Waals surface area contributed by atoms with E-state index in [4.69, 9.17) is 19.3 Å². The minimum absolute atomic E-state index is 0.0118. The highest BCUT2D eigenvalue weighted by Crippen LogP contribution is 2.31. The summed E-state index contributed by atoms with van der Waals surface area (Å²) in [5, 5.41) is 18.0. The molecule has 0 heterocycles. The predicted octanol–water partition coefficient (Wildman–Crippen LogP) is 7.47. The molecule has 3 aromatic rings. The van der Waals surface area contributed by atoms with Crippen molar-refractivity contribution >= 4 is 11.9 Å². The molecule has 9 heteroatoms. The number of aliphatic carboxylic acids is 2. The largest absolute Gasteiger partial charge is 0.494 e. The lowest BCUT2D eigenvalue weighted by atomic mass is 9.97. The highest BCUT2D eigenvalue weighted by atomic mass is 19.2. The Kier molecular flexibility index (Phi) is 13.1. The van der Waals surface area contributed by atoms with E-state index in [1.165, 1.54) is 6.07 Å². The van der Waals surface area contributed by atoms with Crippen molar-refractivity contribution in [3.05, 3.63) is 77.4 Å². The third kappa shape index (κ3) is 10.7. The fourth-order valence-corrected chi connectivity index (χ4v) is 4.61. The number of hydrogen-bond donors (Lipinski definition) is 2. The molecule has 226 valence electrons. The van der Waals surface area contributed by atoms with Gasteiger partial charge in [-0.1, -0.05) is 31.0 Å². The minimum Gasteiger partial charge on any atom is -0.494 e. The van der Waals surface area contributed by atoms with Crippen molar-refractivity contribution in [1.82, 2.24) is 0 Å². The lowest BCUT2D eigenvalue weighted by molar-refractivity contribution is -0.138. The Balaban J connectivity index is 1.51. The van der Waals surface area contributed by atoms with Crippen molar-refractivity contribution in [2.75, 3.05) is 19.8 Å². The van der Waals surface area contributed by atoms with E-state index in [0.717, 1.165) is 55.4 Å². The number of unbranched alkanes of at least 4 members (excludes halogenated alkanes) is 3. The monoisotopic (exact) mass is 584 g/mol. The Morgan fingerprint density at radius 1 is 0.690 bits per heavy atom. The van der Waals surface area contributed by atoms with E-state index in [0.29, 0.717) is 54.4 Å². The molecule has 0 aliphatic heterocycles. The van der Waals surface area contributed by atoms with Gasteiger partial charge in [-0.15, -0.1) is 0 Å². The first-order chi connectivity index (χ1) is 20.3. The van der Waals surface area contributed by atoms with Crippen LogP contribution in [0.5, 0.6) is 17.2 Å². The maximum absolute atomic E-state index is 13.8. The second-order valence-electron chi connectivity index (χ2n) is 9.90. The second kappa shape index (κ2) is 17.0. The van der Waals surface area contributed by atoms with Gasteiger partial charge in [0.2, 0.25) is 0 Å². The van der Waals surface area contributed by atoms with Gasteiger partial charge in [-0.25, -0.2) is 8.78 Å². The molecule has 0 fully saturated rings. The molecule has 0 unspecified atom stereocenters. The maximum atomic E-state index is 13.8. The van der Waals surface area contributed by atoms with Crippen molar-refractivity contribution in [1.29, 1.82) is 0 Å². The highest BCUT2D eigenvalue weighted by molar-refractivity contribution is 5.68. The Labute approximate surface area is 245 Å². The van der Waals surface area contributed by atoms with Crippen molar-refractivity contribution in [2.45, 2.75) is 64.7 Å². The summed E-state index contributed by atoms with van der Waals surface area (Å²) in [4.78, 5) is 22.0. The standard InChI is InChI=1S/C33H38F2O7/c1-2-40-26-19-25(24-13-15-29(34)30(35)21-24)20-27(22-26)41-17-6-4-3-5-9-23-10-7-11-31(28(23)14-16-33(38)39)42-18-8-12-32(36)37/h7,10-11,13,15,19-22H,2-6,8-9,12,14,16-18H2,1H3,(H,36,37)(H,38,39). The quantitative estimate of drug-likeness (QED) is 0.141. The van der Waals surface area contributed by atoms with Crippen molar-refractivity contribution in [2.24, 2.45) is 0 Å². The summed E-state index contributed by atoms with van der Waals surface area (Å²) < 4.78 is 44.6. The van der Waals surface area contributed by atoms with Crippen LogP contribution in [0.4, 0.5) is 8.78 Å². The summed E-state index contributed by atoms with van der Waals surface area (Å²) in [5.41, 5.74) is 3.10. The molecule has 3 rings (SSSR count). The SMILES string of the molecule is CCOc1cc(OCCCCCCc2cccc(OCCCC(=O)O)c2CCC(=O)O)cc(-c2ccc(F)c(F)c2)c1. The van der Waals surface area contributed by atoms with E-state index in [2.05, 4.69) is 0 Å². The minimum atomic E-state index is -0.916. The van der Waals surface area contributed by atoms with Gasteiger partial charge in [0.05, 0.1) is 19.8 Å². The van der Waals surface area contributed by atoms with Crippen LogP contribution in [0.2, 0.25) is 0 Å². The summed E-state index contributed by atoms with van der Waals surface area (Å²) in [5.74, 6) is -1.79. The van der Waals surface area contributed by atoms with Crippen LogP contribution in [-0.4, -0.2) is 42.0 Å². The van der Waals surface area contributed by atoms with Gasteiger partial charge in [0.25, 0.3) is 0 Å². The third-order valence-corrected chi connectivity index (χ3v) is 6.66. The molecule has 0 spiro atoms. The van der Waals surface area contributed by atoms with E-state index >= 15 is 0 Å². The molecule has 0 amide bonds. The fraction of sp³-hybridized carbons (Fsp3) is 0.394. The average molecular weight is 585 g/mol. The van der Waals surface area contributed by atoms with Gasteiger partial charge in [-0.3, -0.25) is 9.59 Å². The van der Waals surface area contributed by atoms with Gasteiger partial charge in [0, 0.05) is 18.9 Å². The molecule has 0 aliphatic rings. The zero-order valence-electron chi connectivity index (χ0n) is 23.9. The smallest absolute Gasteiger partial charge is 0.303 e. The Morgan fingerprint density at radius 3 is 2.12 bits per heavy atom. The third-order valence-electron chi connectivity index (χ3n) is 6.66.